The van der Waals surface area contributed by atoms with Gasteiger partial charge in [0.05, 0.1) is 13.2 Å². The number of carbonyl (C=O) groups excluding carboxylic acids is 2. The van der Waals surface area contributed by atoms with E-state index in [-0.39, 0.29) is 18.6 Å². The molecule has 6 nitrogen and oxygen atoms in total. The molecular weight excluding hydrogens is 234 g/mol. The van der Waals surface area contributed by atoms with E-state index in [1.54, 1.807) is 9.80 Å². The fourth-order valence-electron chi connectivity index (χ4n) is 2.67. The van der Waals surface area contributed by atoms with Gasteiger partial charge in [0, 0.05) is 19.1 Å². The summed E-state index contributed by atoms with van der Waals surface area (Å²) in [6.07, 6.45) is 4.19. The first-order chi connectivity index (χ1) is 8.68. The molecule has 0 radical (unpaired) electrons. The van der Waals surface area contributed by atoms with Gasteiger partial charge in [-0.15, -0.1) is 0 Å². The number of hydrogen-bond acceptors (Lipinski definition) is 3. The highest BCUT2D eigenvalue weighted by atomic mass is 16.5. The number of nitrogens with two attached hydrogens (primary N) is 1. The van der Waals surface area contributed by atoms with Crippen molar-refractivity contribution in [2.75, 3.05) is 32.8 Å². The Bertz CT molecular complexity index is 310. The minimum Gasteiger partial charge on any atom is -0.378 e. The quantitative estimate of drug-likeness (QED) is 0.781. The molecule has 0 spiro atoms. The van der Waals surface area contributed by atoms with Crippen LogP contribution in [0.5, 0.6) is 0 Å². The van der Waals surface area contributed by atoms with Crippen LogP contribution in [-0.4, -0.2) is 60.6 Å². The second-order valence-electron chi connectivity index (χ2n) is 4.91. The molecule has 0 aromatic rings. The number of nitrogens with zero attached hydrogens (tertiary/aromatic N) is 2. The fraction of sp³-hybridized carbons (Fsp3) is 0.833. The first kappa shape index (κ1) is 13.1. The van der Waals surface area contributed by atoms with E-state index in [0.29, 0.717) is 26.3 Å². The molecule has 1 aliphatic carbocycles. The minimum absolute atomic E-state index is 0.0286. The molecule has 1 saturated heterocycles. The summed E-state index contributed by atoms with van der Waals surface area (Å²) in [6.45, 7) is 2.37. The predicted molar refractivity (Wildman–Crippen MR) is 65.9 cm³/mol. The van der Waals surface area contributed by atoms with Gasteiger partial charge >= 0.3 is 6.03 Å². The van der Waals surface area contributed by atoms with E-state index >= 15 is 0 Å². The molecule has 2 rings (SSSR count). The second kappa shape index (κ2) is 6.04. The Balaban J connectivity index is 2.01. The van der Waals surface area contributed by atoms with Crippen LogP contribution in [0, 0.1) is 0 Å². The molecule has 1 aliphatic heterocycles. The largest absolute Gasteiger partial charge is 0.378 e. The lowest BCUT2D eigenvalue weighted by atomic mass is 10.2. The average Bonchev–Trinajstić information content (AvgIpc) is 2.89. The van der Waals surface area contributed by atoms with Crippen LogP contribution in [-0.2, 0) is 9.53 Å². The van der Waals surface area contributed by atoms with Gasteiger partial charge in [0.15, 0.2) is 0 Å². The van der Waals surface area contributed by atoms with Gasteiger partial charge in [0.1, 0.15) is 6.54 Å². The number of urea groups is 1. The molecule has 0 atom stereocenters. The van der Waals surface area contributed by atoms with E-state index in [2.05, 4.69) is 0 Å². The van der Waals surface area contributed by atoms with Gasteiger partial charge < -0.3 is 20.3 Å². The highest BCUT2D eigenvalue weighted by Crippen LogP contribution is 2.24. The van der Waals surface area contributed by atoms with Crippen molar-refractivity contribution in [3.63, 3.8) is 0 Å². The fourth-order valence-corrected chi connectivity index (χ4v) is 2.67. The third-order valence-electron chi connectivity index (χ3n) is 3.62. The topological polar surface area (TPSA) is 75.9 Å². The van der Waals surface area contributed by atoms with Crippen LogP contribution in [0.1, 0.15) is 25.7 Å². The summed E-state index contributed by atoms with van der Waals surface area (Å²) in [7, 11) is 0. The van der Waals surface area contributed by atoms with E-state index in [0.717, 1.165) is 25.7 Å². The van der Waals surface area contributed by atoms with Gasteiger partial charge in [-0.25, -0.2) is 4.79 Å². The van der Waals surface area contributed by atoms with Crippen molar-refractivity contribution < 1.29 is 14.3 Å². The van der Waals surface area contributed by atoms with Crippen molar-refractivity contribution in [1.29, 1.82) is 0 Å². The van der Waals surface area contributed by atoms with E-state index in [9.17, 15) is 9.59 Å². The van der Waals surface area contributed by atoms with Crippen LogP contribution in [0.3, 0.4) is 0 Å². The normalized spacial score (nSPS) is 21.0. The lowest BCUT2D eigenvalue weighted by molar-refractivity contribution is -0.119. The Labute approximate surface area is 107 Å². The van der Waals surface area contributed by atoms with Crippen molar-refractivity contribution in [2.45, 2.75) is 31.7 Å². The Morgan fingerprint density at radius 1 is 1.22 bits per heavy atom. The third-order valence-corrected chi connectivity index (χ3v) is 3.62. The van der Waals surface area contributed by atoms with Crippen LogP contribution in [0.25, 0.3) is 0 Å². The molecule has 3 amide bonds. The SMILES string of the molecule is NC(=O)CN(C(=O)N1CCOCC1)C1CCCC1. The van der Waals surface area contributed by atoms with E-state index in [1.807, 2.05) is 0 Å². The molecular formula is C12H21N3O3. The number of ether oxygens (including phenoxy) is 1. The molecule has 2 N–H and O–H groups in total. The number of primary amides is 1. The smallest absolute Gasteiger partial charge is 0.320 e. The standard InChI is InChI=1S/C12H21N3O3/c13-11(16)9-15(10-3-1-2-4-10)12(17)14-5-7-18-8-6-14/h10H,1-9H2,(H2,13,16). The first-order valence-corrected chi connectivity index (χ1v) is 6.60. The summed E-state index contributed by atoms with van der Waals surface area (Å²) in [4.78, 5) is 27.0. The Morgan fingerprint density at radius 3 is 2.39 bits per heavy atom. The number of hydrogen-bond donors (Lipinski definition) is 1. The molecule has 0 aromatic carbocycles. The molecule has 2 fully saturated rings. The monoisotopic (exact) mass is 255 g/mol. The van der Waals surface area contributed by atoms with Crippen molar-refractivity contribution >= 4 is 11.9 Å². The van der Waals surface area contributed by atoms with Gasteiger partial charge in [-0.3, -0.25) is 4.79 Å². The minimum atomic E-state index is -0.441. The molecule has 6 heteroatoms. The van der Waals surface area contributed by atoms with Crippen molar-refractivity contribution in [1.82, 2.24) is 9.80 Å². The maximum atomic E-state index is 12.4. The first-order valence-electron chi connectivity index (χ1n) is 6.60. The van der Waals surface area contributed by atoms with Gasteiger partial charge in [0.25, 0.3) is 0 Å². The van der Waals surface area contributed by atoms with Crippen LogP contribution in [0.4, 0.5) is 4.79 Å². The lowest BCUT2D eigenvalue weighted by Gasteiger charge is -2.35. The molecule has 102 valence electrons. The van der Waals surface area contributed by atoms with Gasteiger partial charge in [-0.2, -0.15) is 0 Å². The maximum Gasteiger partial charge on any atom is 0.320 e. The number of morpholine rings is 1. The summed E-state index contributed by atoms with van der Waals surface area (Å²) in [5, 5.41) is 0. The molecule has 1 heterocycles. The molecule has 18 heavy (non-hydrogen) atoms. The zero-order valence-electron chi connectivity index (χ0n) is 10.6. The summed E-state index contributed by atoms with van der Waals surface area (Å²) in [6, 6.07) is 0.108. The zero-order valence-corrected chi connectivity index (χ0v) is 10.6. The van der Waals surface area contributed by atoms with Crippen LogP contribution >= 0.6 is 0 Å². The maximum absolute atomic E-state index is 12.4. The van der Waals surface area contributed by atoms with E-state index in [4.69, 9.17) is 10.5 Å². The van der Waals surface area contributed by atoms with Crippen molar-refractivity contribution in [2.24, 2.45) is 5.73 Å². The van der Waals surface area contributed by atoms with Crippen molar-refractivity contribution in [3.05, 3.63) is 0 Å². The van der Waals surface area contributed by atoms with Gasteiger partial charge in [-0.1, -0.05) is 12.8 Å². The second-order valence-corrected chi connectivity index (χ2v) is 4.91. The van der Waals surface area contributed by atoms with E-state index in [1.165, 1.54) is 0 Å². The highest BCUT2D eigenvalue weighted by molar-refractivity contribution is 5.83. The molecule has 0 bridgehead atoms. The van der Waals surface area contributed by atoms with Gasteiger partial charge in [-0.05, 0) is 12.8 Å². The Morgan fingerprint density at radius 2 is 1.83 bits per heavy atom. The Kier molecular flexibility index (Phi) is 4.41. The summed E-state index contributed by atoms with van der Waals surface area (Å²) in [5.41, 5.74) is 5.25. The zero-order chi connectivity index (χ0) is 13.0. The van der Waals surface area contributed by atoms with E-state index < -0.39 is 5.91 Å². The third kappa shape index (κ3) is 3.13. The molecule has 0 unspecified atom stereocenters. The van der Waals surface area contributed by atoms with Crippen LogP contribution in [0.2, 0.25) is 0 Å². The molecule has 0 aromatic heterocycles. The number of amides is 3. The highest BCUT2D eigenvalue weighted by Gasteiger charge is 2.31. The van der Waals surface area contributed by atoms with Crippen LogP contribution < -0.4 is 5.73 Å². The predicted octanol–water partition coefficient (Wildman–Crippen LogP) is 0.168. The van der Waals surface area contributed by atoms with Crippen molar-refractivity contribution in [3.8, 4) is 0 Å². The summed E-state index contributed by atoms with van der Waals surface area (Å²) in [5.74, 6) is -0.441. The lowest BCUT2D eigenvalue weighted by Crippen LogP contribution is -2.53. The Hall–Kier alpha value is -1.30. The summed E-state index contributed by atoms with van der Waals surface area (Å²) >= 11 is 0. The summed E-state index contributed by atoms with van der Waals surface area (Å²) < 4.78 is 5.23. The number of rotatable bonds is 3. The average molecular weight is 255 g/mol. The van der Waals surface area contributed by atoms with Gasteiger partial charge in [0.2, 0.25) is 5.91 Å². The number of carbonyl (C=O) groups is 2. The molecule has 1 saturated carbocycles. The van der Waals surface area contributed by atoms with Crippen LogP contribution in [0.15, 0.2) is 0 Å². The molecule has 2 aliphatic rings.